The van der Waals surface area contributed by atoms with E-state index in [1.165, 1.54) is 25.7 Å². The summed E-state index contributed by atoms with van der Waals surface area (Å²) in [5, 5.41) is 18.5. The lowest BCUT2D eigenvalue weighted by Crippen LogP contribution is -2.47. The summed E-state index contributed by atoms with van der Waals surface area (Å²) in [6.45, 7) is 7.87. The first-order valence-corrected chi connectivity index (χ1v) is 8.55. The van der Waals surface area contributed by atoms with Crippen LogP contribution in [-0.4, -0.2) is 23.5 Å². The van der Waals surface area contributed by atoms with Gasteiger partial charge in [0.25, 0.3) is 0 Å². The van der Waals surface area contributed by atoms with Crippen molar-refractivity contribution in [2.75, 3.05) is 6.54 Å². The van der Waals surface area contributed by atoms with Crippen LogP contribution in [0.3, 0.4) is 0 Å². The summed E-state index contributed by atoms with van der Waals surface area (Å²) in [6, 6.07) is 5.86. The molecule has 0 spiro atoms. The Balaban J connectivity index is 2.12. The topological polar surface area (TPSA) is 50.8 Å². The molecule has 0 N–H and O–H groups in total. The van der Waals surface area contributed by atoms with Gasteiger partial charge in [0, 0.05) is 25.0 Å². The van der Waals surface area contributed by atoms with Crippen LogP contribution >= 0.6 is 0 Å². The minimum atomic E-state index is 0.160. The second-order valence-corrected chi connectivity index (χ2v) is 7.53. The lowest BCUT2D eigenvalue weighted by Gasteiger charge is -2.45. The Kier molecular flexibility index (Phi) is 5.28. The summed E-state index contributed by atoms with van der Waals surface area (Å²) in [5.41, 5.74) is 0.364. The smallest absolute Gasteiger partial charge is 0.0672 e. The lowest BCUT2D eigenvalue weighted by atomic mass is 9.66. The highest BCUT2D eigenvalue weighted by molar-refractivity contribution is 5.03. The molecule has 0 radical (unpaired) electrons. The monoisotopic (exact) mass is 287 g/mol. The first kappa shape index (κ1) is 16.3. The van der Waals surface area contributed by atoms with E-state index in [2.05, 4.69) is 37.8 Å². The first-order chi connectivity index (χ1) is 10.0. The number of rotatable bonds is 6. The normalized spacial score (nSPS) is 29.9. The molecule has 0 amide bonds. The third-order valence-electron chi connectivity index (χ3n) is 5.92. The van der Waals surface area contributed by atoms with E-state index in [1.807, 2.05) is 0 Å². The van der Waals surface area contributed by atoms with Crippen molar-refractivity contribution in [3.8, 4) is 12.1 Å². The third-order valence-corrected chi connectivity index (χ3v) is 5.92. The van der Waals surface area contributed by atoms with Gasteiger partial charge in [0.05, 0.1) is 18.1 Å². The maximum atomic E-state index is 9.54. The molecule has 3 heteroatoms. The zero-order valence-corrected chi connectivity index (χ0v) is 13.8. The predicted octanol–water partition coefficient (Wildman–Crippen LogP) is 4.11. The molecule has 3 unspecified atom stereocenters. The van der Waals surface area contributed by atoms with Crippen LogP contribution in [0.1, 0.15) is 65.7 Å². The van der Waals surface area contributed by atoms with Gasteiger partial charge in [-0.3, -0.25) is 4.90 Å². The van der Waals surface area contributed by atoms with Gasteiger partial charge in [-0.15, -0.1) is 0 Å². The SMILES string of the molecule is CCC(C)(C)C1CCC(C#N)C(N(CCC#N)C2CC2)C1. The zero-order chi connectivity index (χ0) is 15.5. The van der Waals surface area contributed by atoms with Crippen LogP contribution < -0.4 is 0 Å². The molecule has 0 aliphatic heterocycles. The van der Waals surface area contributed by atoms with E-state index in [-0.39, 0.29) is 5.92 Å². The van der Waals surface area contributed by atoms with Crippen molar-refractivity contribution in [1.82, 2.24) is 4.90 Å². The van der Waals surface area contributed by atoms with E-state index in [0.717, 1.165) is 19.4 Å². The highest BCUT2D eigenvalue weighted by Crippen LogP contribution is 2.45. The number of nitriles is 2. The van der Waals surface area contributed by atoms with Crippen LogP contribution in [0.15, 0.2) is 0 Å². The molecule has 0 aromatic carbocycles. The Labute approximate surface area is 129 Å². The Morgan fingerprint density at radius 1 is 1.14 bits per heavy atom. The molecule has 0 bridgehead atoms. The van der Waals surface area contributed by atoms with Crippen molar-refractivity contribution in [2.24, 2.45) is 17.3 Å². The van der Waals surface area contributed by atoms with Crippen LogP contribution in [0, 0.1) is 39.9 Å². The van der Waals surface area contributed by atoms with Crippen LogP contribution in [0.2, 0.25) is 0 Å². The molecule has 0 aromatic rings. The van der Waals surface area contributed by atoms with Gasteiger partial charge in [-0.05, 0) is 43.4 Å². The maximum Gasteiger partial charge on any atom is 0.0672 e. The van der Waals surface area contributed by atoms with E-state index >= 15 is 0 Å². The standard InChI is InChI=1S/C18H29N3/c1-4-18(2,3)15-7-6-14(13-20)17(12-15)21(11-5-10-19)16-8-9-16/h14-17H,4-9,11-12H2,1-3H3. The highest BCUT2D eigenvalue weighted by atomic mass is 15.2. The predicted molar refractivity (Wildman–Crippen MR) is 84.3 cm³/mol. The van der Waals surface area contributed by atoms with Gasteiger partial charge in [-0.2, -0.15) is 10.5 Å². The summed E-state index contributed by atoms with van der Waals surface area (Å²) >= 11 is 0. The number of hydrogen-bond donors (Lipinski definition) is 0. The summed E-state index contributed by atoms with van der Waals surface area (Å²) in [7, 11) is 0. The molecule has 0 heterocycles. The van der Waals surface area contributed by atoms with E-state index in [9.17, 15) is 5.26 Å². The fourth-order valence-electron chi connectivity index (χ4n) is 3.87. The molecule has 0 aromatic heterocycles. The van der Waals surface area contributed by atoms with Gasteiger partial charge in [-0.1, -0.05) is 27.2 Å². The van der Waals surface area contributed by atoms with Gasteiger partial charge in [0.1, 0.15) is 0 Å². The Bertz CT molecular complexity index is 425. The fourth-order valence-corrected chi connectivity index (χ4v) is 3.87. The molecule has 2 rings (SSSR count). The maximum absolute atomic E-state index is 9.54. The molecule has 3 nitrogen and oxygen atoms in total. The Hall–Kier alpha value is -1.06. The minimum Gasteiger partial charge on any atom is -0.295 e. The van der Waals surface area contributed by atoms with Gasteiger partial charge >= 0.3 is 0 Å². The summed E-state index contributed by atoms with van der Waals surface area (Å²) in [5.74, 6) is 0.869. The minimum absolute atomic E-state index is 0.160. The van der Waals surface area contributed by atoms with Crippen molar-refractivity contribution in [3.05, 3.63) is 0 Å². The zero-order valence-electron chi connectivity index (χ0n) is 13.8. The molecule has 2 saturated carbocycles. The van der Waals surface area contributed by atoms with E-state index in [0.29, 0.717) is 29.8 Å². The molecule has 2 aliphatic carbocycles. The second kappa shape index (κ2) is 6.80. The summed E-state index contributed by atoms with van der Waals surface area (Å²) < 4.78 is 0. The molecular formula is C18H29N3. The van der Waals surface area contributed by atoms with Gasteiger partial charge < -0.3 is 0 Å². The van der Waals surface area contributed by atoms with E-state index in [1.54, 1.807) is 0 Å². The van der Waals surface area contributed by atoms with Gasteiger partial charge in [-0.25, -0.2) is 0 Å². The average molecular weight is 287 g/mol. The largest absolute Gasteiger partial charge is 0.295 e. The van der Waals surface area contributed by atoms with E-state index < -0.39 is 0 Å². The average Bonchev–Trinajstić information content (AvgIpc) is 3.32. The second-order valence-electron chi connectivity index (χ2n) is 7.53. The van der Waals surface area contributed by atoms with Crippen LogP contribution in [0.4, 0.5) is 0 Å². The van der Waals surface area contributed by atoms with Crippen molar-refractivity contribution < 1.29 is 0 Å². The molecule has 0 saturated heterocycles. The molecule has 2 aliphatic rings. The van der Waals surface area contributed by atoms with Crippen LogP contribution in [0.25, 0.3) is 0 Å². The first-order valence-electron chi connectivity index (χ1n) is 8.55. The Morgan fingerprint density at radius 2 is 1.86 bits per heavy atom. The third kappa shape index (κ3) is 3.78. The van der Waals surface area contributed by atoms with Gasteiger partial charge in [0.2, 0.25) is 0 Å². The van der Waals surface area contributed by atoms with Crippen LogP contribution in [0.5, 0.6) is 0 Å². The lowest BCUT2D eigenvalue weighted by molar-refractivity contribution is 0.0481. The highest BCUT2D eigenvalue weighted by Gasteiger charge is 2.43. The van der Waals surface area contributed by atoms with Crippen molar-refractivity contribution in [1.29, 1.82) is 10.5 Å². The molecular weight excluding hydrogens is 258 g/mol. The number of hydrogen-bond acceptors (Lipinski definition) is 3. The Morgan fingerprint density at radius 3 is 2.38 bits per heavy atom. The number of nitrogens with zero attached hydrogens (tertiary/aromatic N) is 3. The summed E-state index contributed by atoms with van der Waals surface area (Å²) in [4.78, 5) is 2.51. The van der Waals surface area contributed by atoms with Crippen molar-refractivity contribution >= 4 is 0 Å². The fraction of sp³-hybridized carbons (Fsp3) is 0.889. The molecule has 21 heavy (non-hydrogen) atoms. The molecule has 2 fully saturated rings. The summed E-state index contributed by atoms with van der Waals surface area (Å²) in [6.07, 6.45) is 7.65. The van der Waals surface area contributed by atoms with Crippen LogP contribution in [-0.2, 0) is 0 Å². The molecule has 3 atom stereocenters. The van der Waals surface area contributed by atoms with Crippen molar-refractivity contribution in [2.45, 2.75) is 77.8 Å². The quantitative estimate of drug-likeness (QED) is 0.738. The van der Waals surface area contributed by atoms with E-state index in [4.69, 9.17) is 5.26 Å². The molecule has 116 valence electrons. The van der Waals surface area contributed by atoms with Crippen molar-refractivity contribution in [3.63, 3.8) is 0 Å². The van der Waals surface area contributed by atoms with Gasteiger partial charge in [0.15, 0.2) is 0 Å².